The molecule has 25 heavy (non-hydrogen) atoms. The van der Waals surface area contributed by atoms with Gasteiger partial charge in [0.15, 0.2) is 6.61 Å². The van der Waals surface area contributed by atoms with Crippen LogP contribution in [0.2, 0.25) is 5.02 Å². The zero-order valence-electron chi connectivity index (χ0n) is 14.0. The maximum atomic E-state index is 11.9. The maximum Gasteiger partial charge on any atom is 0.321 e. The van der Waals surface area contributed by atoms with Gasteiger partial charge in [-0.2, -0.15) is 0 Å². The summed E-state index contributed by atoms with van der Waals surface area (Å²) in [6.07, 6.45) is 3.88. The van der Waals surface area contributed by atoms with Gasteiger partial charge in [-0.15, -0.1) is 0 Å². The number of carbonyl (C=O) groups excluding carboxylic acids is 3. The second kappa shape index (κ2) is 9.27. The first-order valence-corrected chi connectivity index (χ1v) is 8.44. The maximum absolute atomic E-state index is 11.9. The minimum atomic E-state index is -0.679. The molecule has 0 bridgehead atoms. The number of nitrogens with one attached hydrogen (secondary N) is 2. The van der Waals surface area contributed by atoms with E-state index in [9.17, 15) is 14.4 Å². The minimum absolute atomic E-state index is 0.0920. The predicted octanol–water partition coefficient (Wildman–Crippen LogP) is 2.20. The molecule has 1 aliphatic rings. The topological polar surface area (TPSA) is 93.7 Å². The van der Waals surface area contributed by atoms with Crippen LogP contribution in [0.1, 0.15) is 31.2 Å². The van der Waals surface area contributed by atoms with E-state index in [1.54, 1.807) is 18.2 Å². The first-order valence-electron chi connectivity index (χ1n) is 8.06. The van der Waals surface area contributed by atoms with Gasteiger partial charge < -0.3 is 14.8 Å². The smallest absolute Gasteiger partial charge is 0.321 e. The first-order chi connectivity index (χ1) is 12.0. The van der Waals surface area contributed by atoms with Gasteiger partial charge in [-0.05, 0) is 31.0 Å². The molecule has 1 aromatic rings. The number of carbonyl (C=O) groups is 3. The van der Waals surface area contributed by atoms with E-state index >= 15 is 0 Å². The molecule has 8 heteroatoms. The molecule has 0 atom stereocenters. The lowest BCUT2D eigenvalue weighted by Crippen LogP contribution is -2.45. The number of benzene rings is 1. The van der Waals surface area contributed by atoms with Crippen molar-refractivity contribution in [3.63, 3.8) is 0 Å². The molecule has 0 saturated heterocycles. The number of urea groups is 1. The monoisotopic (exact) mass is 368 g/mol. The second-order valence-electron chi connectivity index (χ2n) is 5.80. The van der Waals surface area contributed by atoms with Crippen LogP contribution in [0.4, 0.5) is 4.79 Å². The van der Waals surface area contributed by atoms with Crippen LogP contribution < -0.4 is 15.4 Å². The van der Waals surface area contributed by atoms with Crippen molar-refractivity contribution in [2.45, 2.75) is 38.1 Å². The SMILES string of the molecule is COc1ccc(Cl)cc1CC(=O)OCC(=O)NC(=O)NC1CCCC1. The number of imide groups is 1. The molecule has 0 radical (unpaired) electrons. The lowest BCUT2D eigenvalue weighted by atomic mass is 10.1. The molecule has 2 N–H and O–H groups in total. The molecule has 0 aromatic heterocycles. The quantitative estimate of drug-likeness (QED) is 0.751. The van der Waals surface area contributed by atoms with Gasteiger partial charge in [0.05, 0.1) is 13.5 Å². The summed E-state index contributed by atoms with van der Waals surface area (Å²) < 4.78 is 10.0. The van der Waals surface area contributed by atoms with Gasteiger partial charge in [-0.1, -0.05) is 24.4 Å². The summed E-state index contributed by atoms with van der Waals surface area (Å²) >= 11 is 5.90. The fraction of sp³-hybridized carbons (Fsp3) is 0.471. The fourth-order valence-electron chi connectivity index (χ4n) is 2.69. The fourth-order valence-corrected chi connectivity index (χ4v) is 2.89. The van der Waals surface area contributed by atoms with Crippen molar-refractivity contribution in [1.29, 1.82) is 0 Å². The van der Waals surface area contributed by atoms with Gasteiger partial charge in [-0.3, -0.25) is 14.9 Å². The standard InChI is InChI=1S/C17H21ClN2O5/c1-24-14-7-6-12(18)8-11(14)9-16(22)25-10-15(21)20-17(23)19-13-4-2-3-5-13/h6-8,13H,2-5,9-10H2,1H3,(H2,19,20,21,23). The van der Waals surface area contributed by atoms with Crippen molar-refractivity contribution in [2.75, 3.05) is 13.7 Å². The molecule has 1 aliphatic carbocycles. The lowest BCUT2D eigenvalue weighted by molar-refractivity contribution is -0.147. The highest BCUT2D eigenvalue weighted by molar-refractivity contribution is 6.30. The molecule has 0 aliphatic heterocycles. The summed E-state index contributed by atoms with van der Waals surface area (Å²) in [6, 6.07) is 4.42. The highest BCUT2D eigenvalue weighted by Gasteiger charge is 2.19. The van der Waals surface area contributed by atoms with Crippen LogP contribution in [0.3, 0.4) is 0 Å². The van der Waals surface area contributed by atoms with Gasteiger partial charge in [0.25, 0.3) is 5.91 Å². The summed E-state index contributed by atoms with van der Waals surface area (Å²) in [5.74, 6) is -0.796. The second-order valence-corrected chi connectivity index (χ2v) is 6.23. The predicted molar refractivity (Wildman–Crippen MR) is 91.6 cm³/mol. The van der Waals surface area contributed by atoms with E-state index in [1.165, 1.54) is 7.11 Å². The minimum Gasteiger partial charge on any atom is -0.496 e. The number of amides is 3. The van der Waals surface area contributed by atoms with Crippen LogP contribution in [0.5, 0.6) is 5.75 Å². The van der Waals surface area contributed by atoms with Crippen molar-refractivity contribution in [3.05, 3.63) is 28.8 Å². The Hall–Kier alpha value is -2.28. The van der Waals surface area contributed by atoms with Crippen LogP contribution in [-0.4, -0.2) is 37.7 Å². The molecule has 3 amide bonds. The Morgan fingerprint density at radius 1 is 1.24 bits per heavy atom. The summed E-state index contributed by atoms with van der Waals surface area (Å²) in [4.78, 5) is 35.2. The van der Waals surface area contributed by atoms with Gasteiger partial charge >= 0.3 is 12.0 Å². The Kier molecular flexibility index (Phi) is 7.06. The molecular formula is C17H21ClN2O5. The Morgan fingerprint density at radius 3 is 2.64 bits per heavy atom. The third-order valence-electron chi connectivity index (χ3n) is 3.88. The van der Waals surface area contributed by atoms with Gasteiger partial charge in [0.1, 0.15) is 5.75 Å². The molecule has 0 unspecified atom stereocenters. The van der Waals surface area contributed by atoms with Crippen LogP contribution in [0, 0.1) is 0 Å². The van der Waals surface area contributed by atoms with Gasteiger partial charge in [-0.25, -0.2) is 4.79 Å². The molecule has 2 rings (SSSR count). The van der Waals surface area contributed by atoms with Crippen LogP contribution in [0.25, 0.3) is 0 Å². The number of hydrogen-bond donors (Lipinski definition) is 2. The van der Waals surface area contributed by atoms with E-state index in [0.717, 1.165) is 25.7 Å². The third kappa shape index (κ3) is 6.26. The Labute approximate surface area is 151 Å². The van der Waals surface area contributed by atoms with Crippen LogP contribution in [0.15, 0.2) is 18.2 Å². The average molecular weight is 369 g/mol. The molecule has 1 fully saturated rings. The van der Waals surface area contributed by atoms with Crippen molar-refractivity contribution in [2.24, 2.45) is 0 Å². The lowest BCUT2D eigenvalue weighted by Gasteiger charge is -2.12. The third-order valence-corrected chi connectivity index (χ3v) is 4.12. The van der Waals surface area contributed by atoms with E-state index in [0.29, 0.717) is 16.3 Å². The molecule has 0 spiro atoms. The number of hydrogen-bond acceptors (Lipinski definition) is 5. The van der Waals surface area contributed by atoms with Gasteiger partial charge in [0.2, 0.25) is 0 Å². The Bertz CT molecular complexity index is 644. The van der Waals surface area contributed by atoms with E-state index < -0.39 is 24.5 Å². The number of rotatable bonds is 6. The summed E-state index contributed by atoms with van der Waals surface area (Å²) in [5.41, 5.74) is 0.555. The van der Waals surface area contributed by atoms with E-state index in [4.69, 9.17) is 21.1 Å². The Morgan fingerprint density at radius 2 is 1.96 bits per heavy atom. The van der Waals surface area contributed by atoms with E-state index in [2.05, 4.69) is 10.6 Å². The van der Waals surface area contributed by atoms with E-state index in [1.807, 2.05) is 0 Å². The normalized spacial score (nSPS) is 14.0. The number of ether oxygens (including phenoxy) is 2. The highest BCUT2D eigenvalue weighted by atomic mass is 35.5. The van der Waals surface area contributed by atoms with Crippen LogP contribution >= 0.6 is 11.6 Å². The zero-order valence-corrected chi connectivity index (χ0v) is 14.7. The molecule has 1 aromatic carbocycles. The average Bonchev–Trinajstić information content (AvgIpc) is 3.06. The molecule has 0 heterocycles. The number of halogens is 1. The molecule has 7 nitrogen and oxygen atoms in total. The van der Waals surface area contributed by atoms with Crippen molar-refractivity contribution in [3.8, 4) is 5.75 Å². The molecule has 136 valence electrons. The number of esters is 1. The zero-order chi connectivity index (χ0) is 18.2. The summed E-state index contributed by atoms with van der Waals surface area (Å²) in [7, 11) is 1.48. The molecular weight excluding hydrogens is 348 g/mol. The number of methoxy groups -OCH3 is 1. The van der Waals surface area contributed by atoms with Crippen LogP contribution in [-0.2, 0) is 20.7 Å². The highest BCUT2D eigenvalue weighted by Crippen LogP contribution is 2.23. The largest absolute Gasteiger partial charge is 0.496 e. The van der Waals surface area contributed by atoms with Crippen molar-refractivity contribution in [1.82, 2.24) is 10.6 Å². The van der Waals surface area contributed by atoms with Crippen molar-refractivity contribution < 1.29 is 23.9 Å². The first kappa shape index (κ1) is 19.1. The summed E-state index contributed by atoms with van der Waals surface area (Å²) in [6.45, 7) is -0.528. The summed E-state index contributed by atoms with van der Waals surface area (Å²) in [5, 5.41) is 5.32. The van der Waals surface area contributed by atoms with Gasteiger partial charge in [0, 0.05) is 16.6 Å². The van der Waals surface area contributed by atoms with Crippen molar-refractivity contribution >= 4 is 29.5 Å². The van der Waals surface area contributed by atoms with E-state index in [-0.39, 0.29) is 12.5 Å². The molecule has 1 saturated carbocycles. The Balaban J connectivity index is 1.74.